The number of aromatic nitrogens is 4. The number of nitrogen functional groups attached to an aromatic ring is 1. The van der Waals surface area contributed by atoms with Crippen LogP contribution in [-0.2, 0) is 24.9 Å². The molecule has 0 spiro atoms. The average Bonchev–Trinajstić information content (AvgIpc) is 2.80. The molecule has 0 radical (unpaired) electrons. The van der Waals surface area contributed by atoms with Gasteiger partial charge >= 0.3 is 0 Å². The third-order valence-electron chi connectivity index (χ3n) is 2.93. The summed E-state index contributed by atoms with van der Waals surface area (Å²) < 4.78 is 7.12. The van der Waals surface area contributed by atoms with E-state index in [-0.39, 0.29) is 0 Å². The van der Waals surface area contributed by atoms with Gasteiger partial charge in [0.2, 0.25) is 0 Å². The number of hydrazine groups is 1. The predicted octanol–water partition coefficient (Wildman–Crippen LogP) is 0.953. The van der Waals surface area contributed by atoms with Crippen molar-refractivity contribution in [3.63, 3.8) is 0 Å². The maximum absolute atomic E-state index is 5.43. The van der Waals surface area contributed by atoms with E-state index in [1.807, 2.05) is 27.1 Å². The highest BCUT2D eigenvalue weighted by Gasteiger charge is 2.06. The SMILES string of the molecule is CCOCc1nc(NN)cc(NCc2cn(C)nc2C)n1. The first-order valence-corrected chi connectivity index (χ1v) is 6.77. The van der Waals surface area contributed by atoms with Crippen LogP contribution in [0.1, 0.15) is 24.0 Å². The molecule has 0 saturated heterocycles. The molecule has 21 heavy (non-hydrogen) atoms. The van der Waals surface area contributed by atoms with E-state index >= 15 is 0 Å². The second kappa shape index (κ2) is 7.00. The van der Waals surface area contributed by atoms with Crippen LogP contribution in [-0.4, -0.2) is 26.4 Å². The molecule has 2 rings (SSSR count). The fourth-order valence-corrected chi connectivity index (χ4v) is 1.93. The first-order chi connectivity index (χ1) is 10.1. The van der Waals surface area contributed by atoms with Crippen molar-refractivity contribution in [2.24, 2.45) is 12.9 Å². The van der Waals surface area contributed by atoms with Gasteiger partial charge < -0.3 is 15.5 Å². The molecule has 0 amide bonds. The molecule has 8 heteroatoms. The van der Waals surface area contributed by atoms with Gasteiger partial charge in [0.05, 0.1) is 5.69 Å². The van der Waals surface area contributed by atoms with Crippen LogP contribution in [0.25, 0.3) is 0 Å². The summed E-state index contributed by atoms with van der Waals surface area (Å²) in [4.78, 5) is 8.64. The van der Waals surface area contributed by atoms with Crippen LogP contribution in [0, 0.1) is 6.92 Å². The summed E-state index contributed by atoms with van der Waals surface area (Å²) in [7, 11) is 1.90. The van der Waals surface area contributed by atoms with E-state index < -0.39 is 0 Å². The molecule has 8 nitrogen and oxygen atoms in total. The minimum Gasteiger partial charge on any atom is -0.374 e. The van der Waals surface area contributed by atoms with Crippen molar-refractivity contribution in [2.45, 2.75) is 27.0 Å². The molecule has 114 valence electrons. The highest BCUT2D eigenvalue weighted by atomic mass is 16.5. The second-order valence-electron chi connectivity index (χ2n) is 4.60. The van der Waals surface area contributed by atoms with E-state index in [2.05, 4.69) is 25.8 Å². The molecule has 0 atom stereocenters. The normalized spacial score (nSPS) is 10.7. The lowest BCUT2D eigenvalue weighted by Gasteiger charge is -2.09. The fourth-order valence-electron chi connectivity index (χ4n) is 1.93. The van der Waals surface area contributed by atoms with Crippen molar-refractivity contribution in [1.82, 2.24) is 19.7 Å². The quantitative estimate of drug-likeness (QED) is 0.515. The number of ether oxygens (including phenoxy) is 1. The Morgan fingerprint density at radius 3 is 2.71 bits per heavy atom. The highest BCUT2D eigenvalue weighted by Crippen LogP contribution is 2.13. The molecule has 0 saturated carbocycles. The topological polar surface area (TPSA) is 103 Å². The monoisotopic (exact) mass is 291 g/mol. The molecule has 2 heterocycles. The molecule has 0 bridgehead atoms. The second-order valence-corrected chi connectivity index (χ2v) is 4.60. The van der Waals surface area contributed by atoms with Crippen molar-refractivity contribution >= 4 is 11.6 Å². The molecule has 0 aromatic carbocycles. The first-order valence-electron chi connectivity index (χ1n) is 6.77. The minimum absolute atomic E-state index is 0.354. The summed E-state index contributed by atoms with van der Waals surface area (Å²) in [6.45, 7) is 5.50. The number of anilines is 2. The summed E-state index contributed by atoms with van der Waals surface area (Å²) in [6.07, 6.45) is 1.98. The van der Waals surface area contributed by atoms with Gasteiger partial charge in [-0.1, -0.05) is 0 Å². The van der Waals surface area contributed by atoms with Crippen molar-refractivity contribution in [2.75, 3.05) is 17.3 Å². The summed E-state index contributed by atoms with van der Waals surface area (Å²) in [6, 6.07) is 1.75. The Hall–Kier alpha value is -2.19. The molecular weight excluding hydrogens is 270 g/mol. The Balaban J connectivity index is 2.09. The van der Waals surface area contributed by atoms with Gasteiger partial charge in [0.1, 0.15) is 18.2 Å². The van der Waals surface area contributed by atoms with E-state index in [9.17, 15) is 0 Å². The third kappa shape index (κ3) is 4.14. The van der Waals surface area contributed by atoms with Gasteiger partial charge in [-0.25, -0.2) is 15.8 Å². The molecule has 0 unspecified atom stereocenters. The van der Waals surface area contributed by atoms with E-state index in [1.165, 1.54) is 0 Å². The molecule has 0 aliphatic carbocycles. The predicted molar refractivity (Wildman–Crippen MR) is 80.4 cm³/mol. The lowest BCUT2D eigenvalue weighted by molar-refractivity contribution is 0.128. The van der Waals surface area contributed by atoms with Gasteiger partial charge in [-0.2, -0.15) is 5.10 Å². The van der Waals surface area contributed by atoms with Crippen LogP contribution in [0.2, 0.25) is 0 Å². The fraction of sp³-hybridized carbons (Fsp3) is 0.462. The van der Waals surface area contributed by atoms with E-state index in [0.29, 0.717) is 37.2 Å². The smallest absolute Gasteiger partial charge is 0.158 e. The van der Waals surface area contributed by atoms with Crippen LogP contribution in [0.15, 0.2) is 12.3 Å². The van der Waals surface area contributed by atoms with Crippen molar-refractivity contribution < 1.29 is 4.74 Å². The molecular formula is C13H21N7O. The van der Waals surface area contributed by atoms with Crippen molar-refractivity contribution in [3.8, 4) is 0 Å². The molecule has 2 aromatic heterocycles. The maximum Gasteiger partial charge on any atom is 0.158 e. The zero-order valence-corrected chi connectivity index (χ0v) is 12.6. The molecule has 4 N–H and O–H groups in total. The highest BCUT2D eigenvalue weighted by molar-refractivity contribution is 5.47. The van der Waals surface area contributed by atoms with Crippen LogP contribution < -0.4 is 16.6 Å². The van der Waals surface area contributed by atoms with Gasteiger partial charge in [-0.15, -0.1) is 0 Å². The van der Waals surface area contributed by atoms with Crippen LogP contribution in [0.5, 0.6) is 0 Å². The lowest BCUT2D eigenvalue weighted by Crippen LogP contribution is -2.13. The Morgan fingerprint density at radius 1 is 1.33 bits per heavy atom. The largest absolute Gasteiger partial charge is 0.374 e. The van der Waals surface area contributed by atoms with Gasteiger partial charge in [0.25, 0.3) is 0 Å². The number of nitrogens with one attached hydrogen (secondary N) is 2. The van der Waals surface area contributed by atoms with Crippen LogP contribution in [0.3, 0.4) is 0 Å². The Bertz CT molecular complexity index is 596. The van der Waals surface area contributed by atoms with E-state index in [4.69, 9.17) is 10.6 Å². The number of rotatable bonds is 7. The molecule has 2 aromatic rings. The zero-order valence-electron chi connectivity index (χ0n) is 12.6. The first kappa shape index (κ1) is 15.2. The summed E-state index contributed by atoms with van der Waals surface area (Å²) in [5.41, 5.74) is 4.64. The van der Waals surface area contributed by atoms with Gasteiger partial charge in [0, 0.05) is 38.0 Å². The van der Waals surface area contributed by atoms with Gasteiger partial charge in [0.15, 0.2) is 5.82 Å². The minimum atomic E-state index is 0.354. The number of nitrogens with two attached hydrogens (primary N) is 1. The third-order valence-corrected chi connectivity index (χ3v) is 2.93. The Morgan fingerprint density at radius 2 is 2.10 bits per heavy atom. The van der Waals surface area contributed by atoms with Crippen LogP contribution >= 0.6 is 0 Å². The number of aryl methyl sites for hydroxylation is 2. The number of hydrogen-bond donors (Lipinski definition) is 3. The Kier molecular flexibility index (Phi) is 5.07. The molecule has 0 fully saturated rings. The van der Waals surface area contributed by atoms with Crippen LogP contribution in [0.4, 0.5) is 11.6 Å². The van der Waals surface area contributed by atoms with E-state index in [1.54, 1.807) is 10.7 Å². The molecule has 0 aliphatic rings. The standard InChI is InChI=1S/C13H21N7O/c1-4-21-8-13-16-11(5-12(17-13)18-14)15-6-10-7-20(3)19-9(10)2/h5,7H,4,6,8,14H2,1-3H3,(H2,15,16,17,18). The van der Waals surface area contributed by atoms with Gasteiger partial charge in [-0.3, -0.25) is 4.68 Å². The summed E-state index contributed by atoms with van der Waals surface area (Å²) in [5.74, 6) is 7.25. The zero-order chi connectivity index (χ0) is 15.2. The molecule has 0 aliphatic heterocycles. The Labute approximate surface area is 123 Å². The summed E-state index contributed by atoms with van der Waals surface area (Å²) in [5, 5.41) is 7.56. The number of nitrogens with zero attached hydrogens (tertiary/aromatic N) is 4. The van der Waals surface area contributed by atoms with Crippen molar-refractivity contribution in [1.29, 1.82) is 0 Å². The number of hydrogen-bond acceptors (Lipinski definition) is 7. The van der Waals surface area contributed by atoms with E-state index in [0.717, 1.165) is 11.3 Å². The summed E-state index contributed by atoms with van der Waals surface area (Å²) >= 11 is 0. The van der Waals surface area contributed by atoms with Crippen molar-refractivity contribution in [3.05, 3.63) is 29.3 Å². The lowest BCUT2D eigenvalue weighted by atomic mass is 10.2. The maximum atomic E-state index is 5.43. The van der Waals surface area contributed by atoms with Gasteiger partial charge in [-0.05, 0) is 13.8 Å². The average molecular weight is 291 g/mol.